The molecule has 2 aromatic carbocycles. The van der Waals surface area contributed by atoms with Crippen LogP contribution in [0, 0.1) is 5.82 Å². The Morgan fingerprint density at radius 1 is 1.12 bits per heavy atom. The standard InChI is InChI=1S/C25H28FN5O3/c26-19-10-8-17(9-11-19)16-28-24(33)21-22(32)25(34)30-23(29-21)20(18-6-2-1-3-7-18)27-12-15-31-13-4-5-14-31/h1-3,6-11,20,27,32H,4-5,12-16H2,(H,28,33)(H,29,30,34). The zero-order chi connectivity index (χ0) is 23.9. The lowest BCUT2D eigenvalue weighted by Gasteiger charge is -2.21. The molecule has 3 aromatic rings. The first-order valence-corrected chi connectivity index (χ1v) is 11.4. The molecule has 4 N–H and O–H groups in total. The van der Waals surface area contributed by atoms with Crippen LogP contribution in [0.4, 0.5) is 4.39 Å². The number of hydrogen-bond donors (Lipinski definition) is 4. The van der Waals surface area contributed by atoms with Gasteiger partial charge in [0.1, 0.15) is 11.6 Å². The fourth-order valence-corrected chi connectivity index (χ4v) is 4.04. The summed E-state index contributed by atoms with van der Waals surface area (Å²) >= 11 is 0. The highest BCUT2D eigenvalue weighted by Crippen LogP contribution is 2.20. The molecule has 2 heterocycles. The van der Waals surface area contributed by atoms with Crippen LogP contribution >= 0.6 is 0 Å². The molecule has 1 atom stereocenters. The second-order valence-electron chi connectivity index (χ2n) is 8.30. The van der Waals surface area contributed by atoms with Crippen LogP contribution in [0.5, 0.6) is 5.75 Å². The van der Waals surface area contributed by atoms with E-state index in [1.807, 2.05) is 30.3 Å². The van der Waals surface area contributed by atoms with Gasteiger partial charge >= 0.3 is 0 Å². The van der Waals surface area contributed by atoms with Crippen molar-refractivity contribution in [1.29, 1.82) is 0 Å². The summed E-state index contributed by atoms with van der Waals surface area (Å²) in [6.45, 7) is 3.76. The highest BCUT2D eigenvalue weighted by atomic mass is 19.1. The minimum absolute atomic E-state index is 0.0958. The summed E-state index contributed by atoms with van der Waals surface area (Å²) in [4.78, 5) is 34.6. The Kier molecular flexibility index (Phi) is 7.66. The summed E-state index contributed by atoms with van der Waals surface area (Å²) in [5, 5.41) is 16.3. The predicted octanol–water partition coefficient (Wildman–Crippen LogP) is 2.32. The largest absolute Gasteiger partial charge is 0.501 e. The molecule has 9 heteroatoms. The summed E-state index contributed by atoms with van der Waals surface area (Å²) in [6.07, 6.45) is 2.40. The monoisotopic (exact) mass is 465 g/mol. The van der Waals surface area contributed by atoms with E-state index in [2.05, 4.69) is 25.5 Å². The third-order valence-corrected chi connectivity index (χ3v) is 5.88. The summed E-state index contributed by atoms with van der Waals surface area (Å²) < 4.78 is 13.1. The molecule has 0 aliphatic carbocycles. The van der Waals surface area contributed by atoms with Gasteiger partial charge in [-0.3, -0.25) is 9.59 Å². The minimum Gasteiger partial charge on any atom is -0.501 e. The van der Waals surface area contributed by atoms with Crippen LogP contribution < -0.4 is 16.2 Å². The van der Waals surface area contributed by atoms with Gasteiger partial charge in [0.05, 0.1) is 6.04 Å². The molecular formula is C25H28FN5O3. The Hall–Kier alpha value is -3.56. The third-order valence-electron chi connectivity index (χ3n) is 5.88. The van der Waals surface area contributed by atoms with Crippen molar-refractivity contribution in [2.75, 3.05) is 26.2 Å². The Labute approximate surface area is 196 Å². The van der Waals surface area contributed by atoms with Gasteiger partial charge in [0.2, 0.25) is 5.75 Å². The fourth-order valence-electron chi connectivity index (χ4n) is 4.04. The summed E-state index contributed by atoms with van der Waals surface area (Å²) in [5.41, 5.74) is 0.391. The van der Waals surface area contributed by atoms with Gasteiger partial charge in [0.25, 0.3) is 11.5 Å². The molecule has 1 saturated heterocycles. The van der Waals surface area contributed by atoms with Gasteiger partial charge < -0.3 is 25.6 Å². The fraction of sp³-hybridized carbons (Fsp3) is 0.320. The molecule has 0 radical (unpaired) electrons. The lowest BCUT2D eigenvalue weighted by Crippen LogP contribution is -2.35. The average Bonchev–Trinajstić information content (AvgIpc) is 3.37. The smallest absolute Gasteiger partial charge is 0.293 e. The van der Waals surface area contributed by atoms with Crippen molar-refractivity contribution in [2.45, 2.75) is 25.4 Å². The molecule has 1 amide bonds. The van der Waals surface area contributed by atoms with Gasteiger partial charge in [-0.05, 0) is 49.2 Å². The van der Waals surface area contributed by atoms with Gasteiger partial charge in [-0.1, -0.05) is 42.5 Å². The second-order valence-corrected chi connectivity index (χ2v) is 8.30. The first kappa shape index (κ1) is 23.6. The lowest BCUT2D eigenvalue weighted by molar-refractivity contribution is 0.0942. The van der Waals surface area contributed by atoms with E-state index in [0.29, 0.717) is 12.1 Å². The maximum atomic E-state index is 13.1. The number of H-pyrrole nitrogens is 1. The topological polar surface area (TPSA) is 110 Å². The third kappa shape index (κ3) is 5.86. The van der Waals surface area contributed by atoms with Crippen molar-refractivity contribution in [3.63, 3.8) is 0 Å². The van der Waals surface area contributed by atoms with E-state index < -0.39 is 23.3 Å². The van der Waals surface area contributed by atoms with E-state index in [-0.39, 0.29) is 23.9 Å². The van der Waals surface area contributed by atoms with Crippen molar-refractivity contribution in [3.8, 4) is 5.75 Å². The van der Waals surface area contributed by atoms with Crippen molar-refractivity contribution < 1.29 is 14.3 Å². The molecule has 0 bridgehead atoms. The van der Waals surface area contributed by atoms with Crippen molar-refractivity contribution in [2.24, 2.45) is 0 Å². The van der Waals surface area contributed by atoms with Gasteiger partial charge in [-0.25, -0.2) is 9.37 Å². The highest BCUT2D eigenvalue weighted by Gasteiger charge is 2.23. The zero-order valence-corrected chi connectivity index (χ0v) is 18.8. The van der Waals surface area contributed by atoms with E-state index in [1.54, 1.807) is 12.1 Å². The van der Waals surface area contributed by atoms with Gasteiger partial charge in [-0.2, -0.15) is 0 Å². The number of hydrogen-bond acceptors (Lipinski definition) is 6. The number of halogens is 1. The molecule has 1 unspecified atom stereocenters. The van der Waals surface area contributed by atoms with E-state index in [0.717, 1.165) is 25.2 Å². The van der Waals surface area contributed by atoms with E-state index in [1.165, 1.54) is 25.0 Å². The van der Waals surface area contributed by atoms with Crippen LogP contribution in [0.3, 0.4) is 0 Å². The molecule has 8 nitrogen and oxygen atoms in total. The van der Waals surface area contributed by atoms with Crippen LogP contribution in [-0.4, -0.2) is 52.1 Å². The quantitative estimate of drug-likeness (QED) is 0.386. The number of nitrogens with zero attached hydrogens (tertiary/aromatic N) is 2. The Morgan fingerprint density at radius 3 is 2.53 bits per heavy atom. The zero-order valence-electron chi connectivity index (χ0n) is 18.8. The number of aromatic hydroxyl groups is 1. The molecular weight excluding hydrogens is 437 g/mol. The second kappa shape index (κ2) is 11.0. The number of carbonyl (C=O) groups excluding carboxylic acids is 1. The van der Waals surface area contributed by atoms with Crippen molar-refractivity contribution in [1.82, 2.24) is 25.5 Å². The summed E-state index contributed by atoms with van der Waals surface area (Å²) in [5.74, 6) is -1.58. The number of amides is 1. The number of rotatable bonds is 9. The number of aromatic nitrogens is 2. The maximum absolute atomic E-state index is 13.1. The predicted molar refractivity (Wildman–Crippen MR) is 126 cm³/mol. The van der Waals surface area contributed by atoms with Gasteiger partial charge in [0.15, 0.2) is 5.69 Å². The van der Waals surface area contributed by atoms with Gasteiger partial charge in [0, 0.05) is 19.6 Å². The molecule has 178 valence electrons. The van der Waals surface area contributed by atoms with Crippen LogP contribution in [0.1, 0.15) is 46.3 Å². The van der Waals surface area contributed by atoms with Gasteiger partial charge in [-0.15, -0.1) is 0 Å². The molecule has 4 rings (SSSR count). The number of aromatic amines is 1. The van der Waals surface area contributed by atoms with Crippen LogP contribution in [-0.2, 0) is 6.54 Å². The lowest BCUT2D eigenvalue weighted by atomic mass is 10.1. The van der Waals surface area contributed by atoms with E-state index in [9.17, 15) is 19.1 Å². The van der Waals surface area contributed by atoms with Crippen LogP contribution in [0.2, 0.25) is 0 Å². The van der Waals surface area contributed by atoms with Crippen LogP contribution in [0.15, 0.2) is 59.4 Å². The Bertz CT molecular complexity index is 1160. The summed E-state index contributed by atoms with van der Waals surface area (Å²) in [6, 6.07) is 14.7. The maximum Gasteiger partial charge on any atom is 0.293 e. The molecule has 0 spiro atoms. The molecule has 34 heavy (non-hydrogen) atoms. The van der Waals surface area contributed by atoms with Crippen molar-refractivity contribution >= 4 is 5.91 Å². The number of carbonyl (C=O) groups is 1. The van der Waals surface area contributed by atoms with Crippen LogP contribution in [0.25, 0.3) is 0 Å². The first-order valence-electron chi connectivity index (χ1n) is 11.4. The average molecular weight is 466 g/mol. The summed E-state index contributed by atoms with van der Waals surface area (Å²) in [7, 11) is 0. The van der Waals surface area contributed by atoms with E-state index >= 15 is 0 Å². The number of benzene rings is 2. The molecule has 1 aromatic heterocycles. The SMILES string of the molecule is O=C(NCc1ccc(F)cc1)c1nc(C(NCCN2CCCC2)c2ccccc2)[nH]c(=O)c1O. The number of nitrogens with one attached hydrogen (secondary N) is 3. The van der Waals surface area contributed by atoms with E-state index in [4.69, 9.17) is 0 Å². The Balaban J connectivity index is 1.55. The minimum atomic E-state index is -0.792. The van der Waals surface area contributed by atoms with Crippen molar-refractivity contribution in [3.05, 3.63) is 93.4 Å². The molecule has 1 fully saturated rings. The number of likely N-dealkylation sites (tertiary alicyclic amines) is 1. The molecule has 0 saturated carbocycles. The molecule has 1 aliphatic rings. The first-order chi connectivity index (χ1) is 16.5. The highest BCUT2D eigenvalue weighted by molar-refractivity contribution is 5.94. The normalized spacial score (nSPS) is 14.7. The Morgan fingerprint density at radius 2 is 1.82 bits per heavy atom. The molecule has 1 aliphatic heterocycles.